The molecule has 0 unspecified atom stereocenters. The molecule has 1 saturated heterocycles. The van der Waals surface area contributed by atoms with E-state index >= 15 is 0 Å². The lowest BCUT2D eigenvalue weighted by molar-refractivity contribution is -0.883. The van der Waals surface area contributed by atoms with Gasteiger partial charge in [0.2, 0.25) is 15.9 Å². The minimum absolute atomic E-state index is 0.160. The van der Waals surface area contributed by atoms with Gasteiger partial charge in [-0.2, -0.15) is 0 Å². The van der Waals surface area contributed by atoms with E-state index in [2.05, 4.69) is 7.05 Å². The molecule has 0 aromatic heterocycles. The molecule has 7 nitrogen and oxygen atoms in total. The minimum Gasteiger partial charge on any atom is -0.494 e. The Morgan fingerprint density at radius 3 is 2.32 bits per heavy atom. The predicted octanol–water partition coefficient (Wildman–Crippen LogP) is -0.403. The third-order valence-corrected chi connectivity index (χ3v) is 5.64. The van der Waals surface area contributed by atoms with Gasteiger partial charge in [0.05, 0.1) is 51.8 Å². The van der Waals surface area contributed by atoms with E-state index in [1.807, 2.05) is 6.92 Å². The van der Waals surface area contributed by atoms with Crippen LogP contribution in [0.4, 0.5) is 5.69 Å². The number of sulfonamides is 1. The molecule has 0 bridgehead atoms. The lowest BCUT2D eigenvalue weighted by Gasteiger charge is -2.35. The van der Waals surface area contributed by atoms with Crippen LogP contribution in [0, 0.1) is 0 Å². The van der Waals surface area contributed by atoms with Crippen LogP contribution in [0.1, 0.15) is 13.8 Å². The Labute approximate surface area is 150 Å². The van der Waals surface area contributed by atoms with Crippen molar-refractivity contribution in [1.29, 1.82) is 0 Å². The van der Waals surface area contributed by atoms with Gasteiger partial charge < -0.3 is 14.5 Å². The van der Waals surface area contributed by atoms with Gasteiger partial charge in [0, 0.05) is 0 Å². The van der Waals surface area contributed by atoms with Gasteiger partial charge in [0.1, 0.15) is 11.8 Å². The molecule has 0 aliphatic carbocycles. The van der Waals surface area contributed by atoms with Crippen LogP contribution in [0.5, 0.6) is 5.75 Å². The molecule has 1 heterocycles. The zero-order valence-electron chi connectivity index (χ0n) is 15.4. The smallest absolute Gasteiger partial charge is 0.246 e. The first kappa shape index (κ1) is 19.5. The maximum atomic E-state index is 12.8. The lowest BCUT2D eigenvalue weighted by atomic mass is 10.2. The molecule has 2 rings (SSSR count). The summed E-state index contributed by atoms with van der Waals surface area (Å²) in [7, 11) is -1.51. The number of hydrogen-bond acceptors (Lipinski definition) is 4. The van der Waals surface area contributed by atoms with Crippen molar-refractivity contribution in [1.82, 2.24) is 4.90 Å². The number of likely N-dealkylation sites (N-methyl/N-ethyl adjacent to an activating group) is 1. The Balaban J connectivity index is 2.23. The Hall–Kier alpha value is -1.80. The quantitative estimate of drug-likeness (QED) is 0.740. The molecule has 1 aliphatic rings. The van der Waals surface area contributed by atoms with Crippen LogP contribution in [0.2, 0.25) is 0 Å². The molecule has 25 heavy (non-hydrogen) atoms. The fourth-order valence-electron chi connectivity index (χ4n) is 3.03. The van der Waals surface area contributed by atoms with Crippen molar-refractivity contribution in [2.45, 2.75) is 19.9 Å². The third kappa shape index (κ3) is 4.85. The Bertz CT molecular complexity index is 682. The van der Waals surface area contributed by atoms with Crippen LogP contribution in [-0.2, 0) is 14.8 Å². The van der Waals surface area contributed by atoms with Gasteiger partial charge in [-0.25, -0.2) is 8.42 Å². The summed E-state index contributed by atoms with van der Waals surface area (Å²) in [5, 5.41) is 0. The highest BCUT2D eigenvalue weighted by molar-refractivity contribution is 7.92. The Kier molecular flexibility index (Phi) is 6.29. The van der Waals surface area contributed by atoms with Gasteiger partial charge in [-0.1, -0.05) is 0 Å². The molecule has 0 saturated carbocycles. The first-order chi connectivity index (χ1) is 11.7. The van der Waals surface area contributed by atoms with E-state index < -0.39 is 16.1 Å². The van der Waals surface area contributed by atoms with Crippen LogP contribution >= 0.6 is 0 Å². The second kappa shape index (κ2) is 8.05. The zero-order chi connectivity index (χ0) is 18.6. The van der Waals surface area contributed by atoms with Crippen molar-refractivity contribution in [3.63, 3.8) is 0 Å². The van der Waals surface area contributed by atoms with Crippen molar-refractivity contribution in [2.75, 3.05) is 50.4 Å². The largest absolute Gasteiger partial charge is 0.494 e. The van der Waals surface area contributed by atoms with Crippen molar-refractivity contribution < 1.29 is 22.8 Å². The molecular weight excluding hydrogens is 342 g/mol. The van der Waals surface area contributed by atoms with Crippen LogP contribution in [0.3, 0.4) is 0 Å². The molecule has 0 spiro atoms. The Morgan fingerprint density at radius 2 is 1.84 bits per heavy atom. The maximum absolute atomic E-state index is 12.8. The molecule has 8 heteroatoms. The number of carbonyl (C=O) groups excluding carboxylic acids is 1. The summed E-state index contributed by atoms with van der Waals surface area (Å²) in [6.45, 7) is 7.11. The predicted molar refractivity (Wildman–Crippen MR) is 97.6 cm³/mol. The van der Waals surface area contributed by atoms with Gasteiger partial charge in [0.25, 0.3) is 0 Å². The number of carbonyl (C=O) groups is 1. The first-order valence-electron chi connectivity index (χ1n) is 8.56. The molecular formula is C17H28N3O4S+. The molecule has 1 aromatic carbocycles. The van der Waals surface area contributed by atoms with E-state index in [-0.39, 0.29) is 5.91 Å². The summed E-state index contributed by atoms with van der Waals surface area (Å²) in [4.78, 5) is 16.0. The average Bonchev–Trinajstić information content (AvgIpc) is 2.55. The standard InChI is InChI=1S/C17H27N3O4S/c1-5-24-16-8-6-15(7-9-16)20(25(4,22)23)14(2)17(21)19-12-10-18(3)11-13-19/h6-9,14H,5,10-13H2,1-4H3/p+1/t14-/m1/s1. The van der Waals surface area contributed by atoms with E-state index in [1.54, 1.807) is 36.1 Å². The van der Waals surface area contributed by atoms with Gasteiger partial charge >= 0.3 is 0 Å². The summed E-state index contributed by atoms with van der Waals surface area (Å²) in [6.07, 6.45) is 1.13. The highest BCUT2D eigenvalue weighted by Gasteiger charge is 2.33. The topological polar surface area (TPSA) is 71.4 Å². The van der Waals surface area contributed by atoms with E-state index in [9.17, 15) is 13.2 Å². The van der Waals surface area contributed by atoms with Gasteiger partial charge in [-0.15, -0.1) is 0 Å². The van der Waals surface area contributed by atoms with E-state index in [1.165, 1.54) is 9.21 Å². The van der Waals surface area contributed by atoms with Crippen molar-refractivity contribution >= 4 is 21.6 Å². The first-order valence-corrected chi connectivity index (χ1v) is 10.4. The lowest BCUT2D eigenvalue weighted by Crippen LogP contribution is -3.12. The number of hydrogen-bond donors (Lipinski definition) is 1. The summed E-state index contributed by atoms with van der Waals surface area (Å²) < 4.78 is 31.3. The monoisotopic (exact) mass is 370 g/mol. The highest BCUT2D eigenvalue weighted by atomic mass is 32.2. The summed E-state index contributed by atoms with van der Waals surface area (Å²) in [5.41, 5.74) is 0.464. The number of quaternary nitrogens is 1. The summed E-state index contributed by atoms with van der Waals surface area (Å²) in [6, 6.07) is 5.99. The minimum atomic E-state index is -3.60. The Morgan fingerprint density at radius 1 is 1.28 bits per heavy atom. The highest BCUT2D eigenvalue weighted by Crippen LogP contribution is 2.24. The van der Waals surface area contributed by atoms with Crippen molar-refractivity contribution in [3.8, 4) is 5.75 Å². The SMILES string of the molecule is CCOc1ccc(N([C@H](C)C(=O)N2CC[NH+](C)CC2)S(C)(=O)=O)cc1. The number of ether oxygens (including phenoxy) is 1. The third-order valence-electron chi connectivity index (χ3n) is 4.40. The number of piperazine rings is 1. The van der Waals surface area contributed by atoms with Crippen LogP contribution in [0.15, 0.2) is 24.3 Å². The van der Waals surface area contributed by atoms with Crippen molar-refractivity contribution in [3.05, 3.63) is 24.3 Å². The number of anilines is 1. The van der Waals surface area contributed by atoms with Crippen molar-refractivity contribution in [2.24, 2.45) is 0 Å². The molecule has 1 aliphatic heterocycles. The van der Waals surface area contributed by atoms with Gasteiger partial charge in [-0.05, 0) is 38.1 Å². The normalized spacial score (nSPS) is 17.2. The molecule has 1 amide bonds. The zero-order valence-corrected chi connectivity index (χ0v) is 16.2. The molecule has 1 fully saturated rings. The molecule has 1 N–H and O–H groups in total. The second-order valence-corrected chi connectivity index (χ2v) is 8.30. The number of benzene rings is 1. The summed E-state index contributed by atoms with van der Waals surface area (Å²) in [5.74, 6) is 0.507. The van der Waals surface area contributed by atoms with Gasteiger partial charge in [-0.3, -0.25) is 9.10 Å². The summed E-state index contributed by atoms with van der Waals surface area (Å²) >= 11 is 0. The van der Waals surface area contributed by atoms with E-state index in [0.717, 1.165) is 19.3 Å². The number of amides is 1. The molecule has 1 atom stereocenters. The van der Waals surface area contributed by atoms with Crippen LogP contribution in [-0.4, -0.2) is 71.4 Å². The number of rotatable bonds is 6. The number of nitrogens with one attached hydrogen (secondary N) is 1. The average molecular weight is 370 g/mol. The van der Waals surface area contributed by atoms with E-state index in [0.29, 0.717) is 31.1 Å². The van der Waals surface area contributed by atoms with E-state index in [4.69, 9.17) is 4.74 Å². The molecule has 1 aromatic rings. The number of nitrogens with zero attached hydrogens (tertiary/aromatic N) is 2. The maximum Gasteiger partial charge on any atom is 0.246 e. The molecule has 140 valence electrons. The van der Waals surface area contributed by atoms with Crippen LogP contribution in [0.25, 0.3) is 0 Å². The second-order valence-electron chi connectivity index (χ2n) is 6.44. The fraction of sp³-hybridized carbons (Fsp3) is 0.588. The fourth-order valence-corrected chi connectivity index (χ4v) is 4.20. The van der Waals surface area contributed by atoms with Crippen LogP contribution < -0.4 is 13.9 Å². The van der Waals surface area contributed by atoms with Gasteiger partial charge in [0.15, 0.2) is 0 Å². The molecule has 0 radical (unpaired) electrons.